The van der Waals surface area contributed by atoms with E-state index in [1.807, 2.05) is 90.7 Å². The number of aliphatic imine (C=N–C) groups is 3. The van der Waals surface area contributed by atoms with Gasteiger partial charge in [-0.2, -0.15) is 0 Å². The number of imidazole rings is 1. The zero-order valence-electron chi connectivity index (χ0n) is 27.1. The molecule has 2 N–H and O–H groups in total. The molecule has 2 aromatic heterocycles. The van der Waals surface area contributed by atoms with Crippen molar-refractivity contribution in [2.45, 2.75) is 25.7 Å². The third-order valence-corrected chi connectivity index (χ3v) is 8.66. The van der Waals surface area contributed by atoms with E-state index in [0.29, 0.717) is 41.5 Å². The van der Waals surface area contributed by atoms with Crippen molar-refractivity contribution < 1.29 is 19.1 Å². The lowest BCUT2D eigenvalue weighted by Gasteiger charge is -2.17. The summed E-state index contributed by atoms with van der Waals surface area (Å²) in [4.78, 5) is 50.3. The maximum atomic E-state index is 12.3. The van der Waals surface area contributed by atoms with E-state index in [0.717, 1.165) is 50.9 Å². The molecule has 7 rings (SSSR count). The summed E-state index contributed by atoms with van der Waals surface area (Å²) in [6.07, 6.45) is 20.3. The van der Waals surface area contributed by atoms with Gasteiger partial charge in [0.2, 0.25) is 0 Å². The zero-order chi connectivity index (χ0) is 33.4. The Kier molecular flexibility index (Phi) is 8.05. The molecule has 0 radical (unpaired) electrons. The Morgan fingerprint density at radius 1 is 0.750 bits per heavy atom. The molecule has 8 bridgehead atoms. The molecule has 5 aliphatic heterocycles. The third kappa shape index (κ3) is 5.61. The summed E-state index contributed by atoms with van der Waals surface area (Å²) in [5.41, 5.74) is 9.17. The van der Waals surface area contributed by atoms with Gasteiger partial charge >= 0.3 is 11.9 Å². The summed E-state index contributed by atoms with van der Waals surface area (Å²) < 4.78 is 11.9. The Morgan fingerprint density at radius 2 is 1.35 bits per heavy atom. The van der Waals surface area contributed by atoms with Crippen LogP contribution >= 0.6 is 0 Å². The van der Waals surface area contributed by atoms with Crippen molar-refractivity contribution in [3.05, 3.63) is 119 Å². The quantitative estimate of drug-likeness (QED) is 0.416. The van der Waals surface area contributed by atoms with Gasteiger partial charge in [-0.3, -0.25) is 9.59 Å². The number of methoxy groups -OCH3 is 2. The van der Waals surface area contributed by atoms with Gasteiger partial charge in [0.15, 0.2) is 0 Å². The van der Waals surface area contributed by atoms with Gasteiger partial charge in [-0.15, -0.1) is 0 Å². The molecule has 0 aliphatic carbocycles. The van der Waals surface area contributed by atoms with Crippen LogP contribution in [0.5, 0.6) is 0 Å². The molecule has 0 unspecified atom stereocenters. The first-order valence-electron chi connectivity index (χ1n) is 15.6. The number of fused-ring (bicyclic) bond motifs is 5. The number of ether oxygens (including phenoxy) is 2. The van der Waals surface area contributed by atoms with Crippen LogP contribution in [0.4, 0.5) is 0 Å². The first-order chi connectivity index (χ1) is 23.3. The average molecular weight is 643 g/mol. The molecule has 0 atom stereocenters. The topological polar surface area (TPSA) is 139 Å². The van der Waals surface area contributed by atoms with Gasteiger partial charge in [0, 0.05) is 68.6 Å². The highest BCUT2D eigenvalue weighted by atomic mass is 16.5. The number of nitrogens with zero attached hydrogens (tertiary/aromatic N) is 6. The van der Waals surface area contributed by atoms with E-state index in [9.17, 15) is 9.59 Å². The second-order valence-electron chi connectivity index (χ2n) is 11.6. The van der Waals surface area contributed by atoms with Crippen molar-refractivity contribution in [2.75, 3.05) is 21.3 Å². The van der Waals surface area contributed by atoms with E-state index in [1.54, 1.807) is 6.20 Å². The molecule has 0 saturated heterocycles. The molecule has 242 valence electrons. The smallest absolute Gasteiger partial charge is 0.305 e. The summed E-state index contributed by atoms with van der Waals surface area (Å²) in [5, 5.41) is 3.36. The highest BCUT2D eigenvalue weighted by Gasteiger charge is 2.28. The van der Waals surface area contributed by atoms with Gasteiger partial charge in [0.25, 0.3) is 0 Å². The number of aromatic amines is 1. The number of nitrogens with one attached hydrogen (secondary N) is 2. The maximum Gasteiger partial charge on any atom is 0.305 e. The highest BCUT2D eigenvalue weighted by Crippen LogP contribution is 2.36. The molecule has 0 amide bonds. The average Bonchev–Trinajstić information content (AvgIpc) is 3.94. The molecule has 0 aromatic carbocycles. The Balaban J connectivity index is 1.49. The lowest BCUT2D eigenvalue weighted by Crippen LogP contribution is -2.19. The molecule has 5 aliphatic rings. The number of aryl methyl sites for hydroxylation is 1. The number of H-pyrrole nitrogens is 1. The lowest BCUT2D eigenvalue weighted by molar-refractivity contribution is -0.141. The van der Waals surface area contributed by atoms with E-state index in [-0.39, 0.29) is 24.8 Å². The fourth-order valence-corrected chi connectivity index (χ4v) is 6.18. The number of rotatable bonds is 7. The van der Waals surface area contributed by atoms with Crippen molar-refractivity contribution in [2.24, 2.45) is 22.0 Å². The summed E-state index contributed by atoms with van der Waals surface area (Å²) in [7, 11) is 6.68. The predicted molar refractivity (Wildman–Crippen MR) is 184 cm³/mol. The van der Waals surface area contributed by atoms with E-state index >= 15 is 0 Å². The lowest BCUT2D eigenvalue weighted by atomic mass is 10.0. The van der Waals surface area contributed by atoms with E-state index < -0.39 is 0 Å². The molecule has 0 spiro atoms. The number of esters is 2. The SMILES string of the molecule is COC(=O)CCC1=C2C=CC(=N2)/C(=C2/NC=CN2C)c2ccc([nH]2)C(CCC(=O)OC)=C2C=CC(=N2)C(c2nccn2C)=C2C=CC1=N2. The van der Waals surface area contributed by atoms with Crippen LogP contribution in [0.1, 0.15) is 42.9 Å². The normalized spacial score (nSPS) is 19.4. The first kappa shape index (κ1) is 30.6. The minimum atomic E-state index is -0.314. The van der Waals surface area contributed by atoms with E-state index in [2.05, 4.69) is 15.3 Å². The standard InChI is InChI=1S/C36H34N8O4/c1-43-19-17-37-35(43)33-27-11-7-23(39-27)21(5-15-31(45)47-3)25-9-13-29(41-25)34(36-38-18-20-44(36)2)30-14-10-26(42-30)22(6-16-32(46)48-4)24-8-12-28(33)40-24/h7-14,17-20,37,39H,5-6,15-16H2,1-4H3/b24-22?,25-21?,34-30?,35-33-. The predicted octanol–water partition coefficient (Wildman–Crippen LogP) is 4.75. The molecule has 0 fully saturated rings. The van der Waals surface area contributed by atoms with Gasteiger partial charge in [0.05, 0.1) is 65.3 Å². The van der Waals surface area contributed by atoms with Crippen molar-refractivity contribution in [3.8, 4) is 0 Å². The number of hydrogen-bond donors (Lipinski definition) is 2. The summed E-state index contributed by atoms with van der Waals surface area (Å²) >= 11 is 0. The van der Waals surface area contributed by atoms with Crippen LogP contribution in [0.25, 0.3) is 16.7 Å². The van der Waals surface area contributed by atoms with Crippen LogP contribution in [-0.4, -0.2) is 69.8 Å². The van der Waals surface area contributed by atoms with Gasteiger partial charge in [0.1, 0.15) is 11.6 Å². The molecular formula is C36H34N8O4. The molecule has 7 heterocycles. The number of carbonyl (C=O) groups is 2. The second-order valence-corrected chi connectivity index (χ2v) is 11.6. The van der Waals surface area contributed by atoms with Gasteiger partial charge in [-0.25, -0.2) is 20.0 Å². The van der Waals surface area contributed by atoms with Crippen LogP contribution in [0.3, 0.4) is 0 Å². The Morgan fingerprint density at radius 3 is 2.00 bits per heavy atom. The van der Waals surface area contributed by atoms with Crippen LogP contribution in [0.15, 0.2) is 117 Å². The maximum absolute atomic E-state index is 12.3. The summed E-state index contributed by atoms with van der Waals surface area (Å²) in [6, 6.07) is 4.01. The van der Waals surface area contributed by atoms with Crippen molar-refractivity contribution >= 4 is 45.8 Å². The van der Waals surface area contributed by atoms with Crippen LogP contribution in [-0.2, 0) is 26.1 Å². The number of hydrogen-bond acceptors (Lipinski definition) is 10. The highest BCUT2D eigenvalue weighted by molar-refractivity contribution is 6.33. The fraction of sp³-hybridized carbons (Fsp3) is 0.222. The first-order valence-corrected chi connectivity index (χ1v) is 15.6. The third-order valence-electron chi connectivity index (χ3n) is 8.66. The van der Waals surface area contributed by atoms with Gasteiger partial charge in [-0.1, -0.05) is 0 Å². The van der Waals surface area contributed by atoms with E-state index in [4.69, 9.17) is 24.5 Å². The van der Waals surface area contributed by atoms with Crippen molar-refractivity contribution in [1.82, 2.24) is 24.8 Å². The summed E-state index contributed by atoms with van der Waals surface area (Å²) in [5.74, 6) is 0.927. The number of carbonyl (C=O) groups excluding carboxylic acids is 2. The van der Waals surface area contributed by atoms with Gasteiger partial charge < -0.3 is 29.2 Å². The number of aromatic nitrogens is 3. The Bertz CT molecular complexity index is 2090. The van der Waals surface area contributed by atoms with Crippen LogP contribution in [0.2, 0.25) is 0 Å². The van der Waals surface area contributed by atoms with E-state index in [1.165, 1.54) is 14.2 Å². The molecular weight excluding hydrogens is 608 g/mol. The van der Waals surface area contributed by atoms with Crippen LogP contribution < -0.4 is 5.32 Å². The monoisotopic (exact) mass is 642 g/mol. The summed E-state index contributed by atoms with van der Waals surface area (Å²) in [6.45, 7) is 0. The minimum Gasteiger partial charge on any atom is -0.469 e. The van der Waals surface area contributed by atoms with Crippen LogP contribution in [0, 0.1) is 0 Å². The second kappa shape index (κ2) is 12.6. The molecule has 12 nitrogen and oxygen atoms in total. The number of allylic oxidation sites excluding steroid dienone is 10. The molecule has 48 heavy (non-hydrogen) atoms. The Hall–Kier alpha value is -6.04. The van der Waals surface area contributed by atoms with Gasteiger partial charge in [-0.05, 0) is 61.4 Å². The zero-order valence-corrected chi connectivity index (χ0v) is 27.1. The minimum absolute atomic E-state index is 0.173. The van der Waals surface area contributed by atoms with Crippen molar-refractivity contribution in [3.63, 3.8) is 0 Å². The molecule has 12 heteroatoms. The fourth-order valence-electron chi connectivity index (χ4n) is 6.18. The Labute approximate surface area is 277 Å². The largest absolute Gasteiger partial charge is 0.469 e. The van der Waals surface area contributed by atoms with Crippen molar-refractivity contribution in [1.29, 1.82) is 0 Å². The molecule has 2 aromatic rings. The molecule has 0 saturated carbocycles.